The Kier molecular flexibility index (Phi) is 6.11. The molecular formula is C18H28N4O3S. The van der Waals surface area contributed by atoms with Gasteiger partial charge in [0.15, 0.2) is 9.84 Å². The van der Waals surface area contributed by atoms with Gasteiger partial charge in [0.1, 0.15) is 11.5 Å². The lowest BCUT2D eigenvalue weighted by Gasteiger charge is -2.27. The molecule has 1 unspecified atom stereocenters. The SMILES string of the molecule is CCN(c1cnc(C(=O)NC2CCCCCC2)cn1)C1CCS(=O)(=O)C1. The van der Waals surface area contributed by atoms with Crippen LogP contribution in [-0.4, -0.2) is 54.4 Å². The molecule has 2 fully saturated rings. The first-order valence-corrected chi connectivity index (χ1v) is 11.4. The van der Waals surface area contributed by atoms with E-state index in [9.17, 15) is 13.2 Å². The molecule has 1 amide bonds. The van der Waals surface area contributed by atoms with Crippen molar-refractivity contribution in [3.05, 3.63) is 18.1 Å². The molecule has 0 bridgehead atoms. The molecule has 3 rings (SSSR count). The first-order valence-electron chi connectivity index (χ1n) is 9.58. The maximum absolute atomic E-state index is 12.4. The van der Waals surface area contributed by atoms with Crippen molar-refractivity contribution >= 4 is 21.6 Å². The highest BCUT2D eigenvalue weighted by atomic mass is 32.2. The zero-order valence-corrected chi connectivity index (χ0v) is 16.2. The fourth-order valence-electron chi connectivity index (χ4n) is 3.90. The van der Waals surface area contributed by atoms with E-state index in [1.54, 1.807) is 6.20 Å². The van der Waals surface area contributed by atoms with Gasteiger partial charge >= 0.3 is 0 Å². The molecule has 1 aromatic heterocycles. The molecule has 7 nitrogen and oxygen atoms in total. The van der Waals surface area contributed by atoms with Crippen LogP contribution >= 0.6 is 0 Å². The molecule has 1 aliphatic heterocycles. The second kappa shape index (κ2) is 8.33. The third-order valence-electron chi connectivity index (χ3n) is 5.35. The van der Waals surface area contributed by atoms with Gasteiger partial charge in [-0.2, -0.15) is 0 Å². The zero-order valence-electron chi connectivity index (χ0n) is 15.4. The van der Waals surface area contributed by atoms with Crippen LogP contribution in [0, 0.1) is 0 Å². The Labute approximate surface area is 155 Å². The van der Waals surface area contributed by atoms with Gasteiger partial charge in [0.2, 0.25) is 0 Å². The van der Waals surface area contributed by atoms with Gasteiger partial charge in [-0.25, -0.2) is 18.4 Å². The molecule has 1 saturated carbocycles. The molecule has 1 aliphatic carbocycles. The van der Waals surface area contributed by atoms with E-state index in [0.29, 0.717) is 24.5 Å². The highest BCUT2D eigenvalue weighted by Gasteiger charge is 2.32. The van der Waals surface area contributed by atoms with Gasteiger partial charge in [0.05, 0.1) is 23.9 Å². The Morgan fingerprint density at radius 1 is 1.15 bits per heavy atom. The molecule has 26 heavy (non-hydrogen) atoms. The average Bonchev–Trinajstić information content (AvgIpc) is 2.82. The normalized spacial score (nSPS) is 23.3. The third-order valence-corrected chi connectivity index (χ3v) is 7.10. The Bertz CT molecular complexity index is 712. The minimum absolute atomic E-state index is 0.0648. The van der Waals surface area contributed by atoms with Crippen molar-refractivity contribution < 1.29 is 13.2 Å². The van der Waals surface area contributed by atoms with E-state index in [1.165, 1.54) is 19.0 Å². The smallest absolute Gasteiger partial charge is 0.271 e. The van der Waals surface area contributed by atoms with Crippen LogP contribution in [0.3, 0.4) is 0 Å². The molecule has 2 aliphatic rings. The molecule has 8 heteroatoms. The Morgan fingerprint density at radius 3 is 2.42 bits per heavy atom. The van der Waals surface area contributed by atoms with Crippen molar-refractivity contribution in [1.82, 2.24) is 15.3 Å². The molecule has 1 atom stereocenters. The molecule has 0 spiro atoms. The molecule has 1 saturated heterocycles. The molecule has 2 heterocycles. The van der Waals surface area contributed by atoms with Crippen LogP contribution in [0.1, 0.15) is 62.4 Å². The van der Waals surface area contributed by atoms with E-state index in [2.05, 4.69) is 15.3 Å². The summed E-state index contributed by atoms with van der Waals surface area (Å²) in [6.45, 7) is 2.63. The van der Waals surface area contributed by atoms with E-state index < -0.39 is 9.84 Å². The predicted octanol–water partition coefficient (Wildman–Crippen LogP) is 1.94. The number of carbonyl (C=O) groups excluding carboxylic acids is 1. The molecule has 0 radical (unpaired) electrons. The highest BCUT2D eigenvalue weighted by Crippen LogP contribution is 2.22. The summed E-state index contributed by atoms with van der Waals surface area (Å²) < 4.78 is 23.5. The Balaban J connectivity index is 1.64. The lowest BCUT2D eigenvalue weighted by molar-refractivity contribution is 0.0928. The highest BCUT2D eigenvalue weighted by molar-refractivity contribution is 7.91. The largest absolute Gasteiger partial charge is 0.352 e. The summed E-state index contributed by atoms with van der Waals surface area (Å²) in [5, 5.41) is 3.07. The summed E-state index contributed by atoms with van der Waals surface area (Å²) in [6, 6.07) is 0.160. The van der Waals surface area contributed by atoms with Crippen molar-refractivity contribution in [2.24, 2.45) is 0 Å². The first-order chi connectivity index (χ1) is 12.5. The van der Waals surface area contributed by atoms with E-state index in [0.717, 1.165) is 25.7 Å². The lowest BCUT2D eigenvalue weighted by atomic mass is 10.1. The minimum atomic E-state index is -2.95. The van der Waals surface area contributed by atoms with Crippen molar-refractivity contribution in [2.75, 3.05) is 23.0 Å². The van der Waals surface area contributed by atoms with Gasteiger partial charge in [-0.1, -0.05) is 25.7 Å². The summed E-state index contributed by atoms with van der Waals surface area (Å²) in [6.07, 6.45) is 10.5. The fraction of sp³-hybridized carbons (Fsp3) is 0.722. The van der Waals surface area contributed by atoms with Crippen molar-refractivity contribution in [1.29, 1.82) is 0 Å². The summed E-state index contributed by atoms with van der Waals surface area (Å²) >= 11 is 0. The molecule has 144 valence electrons. The van der Waals surface area contributed by atoms with Crippen LogP contribution in [0.5, 0.6) is 0 Å². The molecular weight excluding hydrogens is 352 g/mol. The summed E-state index contributed by atoms with van der Waals surface area (Å²) in [5.41, 5.74) is 0.313. The number of sulfone groups is 1. The van der Waals surface area contributed by atoms with Gasteiger partial charge in [-0.3, -0.25) is 4.79 Å². The number of aromatic nitrogens is 2. The average molecular weight is 381 g/mol. The number of nitrogens with zero attached hydrogens (tertiary/aromatic N) is 3. The van der Waals surface area contributed by atoms with Crippen LogP contribution in [-0.2, 0) is 9.84 Å². The lowest BCUT2D eigenvalue weighted by Crippen LogP contribution is -2.37. The Hall–Kier alpha value is -1.70. The van der Waals surface area contributed by atoms with Gasteiger partial charge in [0, 0.05) is 18.6 Å². The molecule has 0 aromatic carbocycles. The van der Waals surface area contributed by atoms with Gasteiger partial charge < -0.3 is 10.2 Å². The standard InChI is InChI=1S/C18H28N4O3S/c1-2-22(15-9-10-26(24,25)13-15)17-12-19-16(11-20-17)18(23)21-14-7-5-3-4-6-8-14/h11-12,14-15H,2-10,13H2,1H3,(H,21,23). The van der Waals surface area contributed by atoms with Crippen LogP contribution in [0.2, 0.25) is 0 Å². The number of hydrogen-bond acceptors (Lipinski definition) is 6. The van der Waals surface area contributed by atoms with E-state index in [4.69, 9.17) is 0 Å². The van der Waals surface area contributed by atoms with Crippen LogP contribution in [0.25, 0.3) is 0 Å². The number of anilines is 1. The van der Waals surface area contributed by atoms with Crippen LogP contribution in [0.15, 0.2) is 12.4 Å². The second-order valence-corrected chi connectivity index (χ2v) is 9.49. The topological polar surface area (TPSA) is 92.3 Å². The monoisotopic (exact) mass is 380 g/mol. The van der Waals surface area contributed by atoms with E-state index >= 15 is 0 Å². The third kappa shape index (κ3) is 4.72. The number of hydrogen-bond donors (Lipinski definition) is 1. The first kappa shape index (κ1) is 19.1. The fourth-order valence-corrected chi connectivity index (χ4v) is 5.63. The van der Waals surface area contributed by atoms with E-state index in [1.807, 2.05) is 11.8 Å². The summed E-state index contributed by atoms with van der Waals surface area (Å²) in [4.78, 5) is 23.0. The second-order valence-electron chi connectivity index (χ2n) is 7.26. The van der Waals surface area contributed by atoms with Crippen molar-refractivity contribution in [3.63, 3.8) is 0 Å². The Morgan fingerprint density at radius 2 is 1.88 bits per heavy atom. The zero-order chi connectivity index (χ0) is 18.6. The van der Waals surface area contributed by atoms with Gasteiger partial charge in [-0.05, 0) is 26.2 Å². The minimum Gasteiger partial charge on any atom is -0.352 e. The van der Waals surface area contributed by atoms with Crippen molar-refractivity contribution in [2.45, 2.75) is 64.0 Å². The number of amides is 1. The molecule has 1 N–H and O–H groups in total. The quantitative estimate of drug-likeness (QED) is 0.785. The molecule has 1 aromatic rings. The van der Waals surface area contributed by atoms with Crippen LogP contribution < -0.4 is 10.2 Å². The summed E-state index contributed by atoms with van der Waals surface area (Å²) in [7, 11) is -2.95. The predicted molar refractivity (Wildman–Crippen MR) is 101 cm³/mol. The summed E-state index contributed by atoms with van der Waals surface area (Å²) in [5.74, 6) is 0.832. The number of rotatable bonds is 5. The van der Waals surface area contributed by atoms with Gasteiger partial charge in [0.25, 0.3) is 5.91 Å². The van der Waals surface area contributed by atoms with E-state index in [-0.39, 0.29) is 29.5 Å². The number of nitrogens with one attached hydrogen (secondary N) is 1. The maximum Gasteiger partial charge on any atom is 0.271 e. The van der Waals surface area contributed by atoms with Crippen molar-refractivity contribution in [3.8, 4) is 0 Å². The van der Waals surface area contributed by atoms with Gasteiger partial charge in [-0.15, -0.1) is 0 Å². The van der Waals surface area contributed by atoms with Crippen LogP contribution in [0.4, 0.5) is 5.82 Å². The maximum atomic E-state index is 12.4. The number of carbonyl (C=O) groups is 1.